The van der Waals surface area contributed by atoms with E-state index in [2.05, 4.69) is 4.98 Å². The molecular weight excluding hydrogens is 282 g/mol. The molecule has 0 bridgehead atoms. The van der Waals surface area contributed by atoms with E-state index in [1.165, 1.54) is 6.08 Å². The molecular formula is C16H17N3O3. The molecule has 6 nitrogen and oxygen atoms in total. The van der Waals surface area contributed by atoms with Crippen molar-refractivity contribution in [3.8, 4) is 11.9 Å². The molecule has 0 radical (unpaired) electrons. The number of hydrogen-bond acceptors (Lipinski definition) is 4. The van der Waals surface area contributed by atoms with Crippen LogP contribution in [0.2, 0.25) is 0 Å². The highest BCUT2D eigenvalue weighted by molar-refractivity contribution is 5.96. The Hall–Kier alpha value is -2.81. The van der Waals surface area contributed by atoms with Gasteiger partial charge in [-0.15, -0.1) is 0 Å². The highest BCUT2D eigenvalue weighted by Gasteiger charge is 2.16. The monoisotopic (exact) mass is 299 g/mol. The van der Waals surface area contributed by atoms with E-state index >= 15 is 0 Å². The number of fused-ring (bicyclic) bond motifs is 1. The molecule has 0 saturated carbocycles. The number of pyridine rings is 1. The van der Waals surface area contributed by atoms with E-state index in [0.29, 0.717) is 29.7 Å². The summed E-state index contributed by atoms with van der Waals surface area (Å²) in [5.41, 5.74) is 1.72. The summed E-state index contributed by atoms with van der Waals surface area (Å²) in [5.74, 6) is -0.647. The summed E-state index contributed by atoms with van der Waals surface area (Å²) in [5, 5.41) is 18.0. The van der Waals surface area contributed by atoms with E-state index in [4.69, 9.17) is 15.1 Å². The van der Waals surface area contributed by atoms with Crippen molar-refractivity contribution in [2.24, 2.45) is 5.92 Å². The zero-order valence-corrected chi connectivity index (χ0v) is 12.7. The Balaban J connectivity index is 2.61. The Morgan fingerprint density at radius 1 is 1.55 bits per heavy atom. The van der Waals surface area contributed by atoms with Crippen molar-refractivity contribution in [1.29, 1.82) is 5.26 Å². The molecule has 2 rings (SSSR count). The van der Waals surface area contributed by atoms with Crippen LogP contribution in [0.3, 0.4) is 0 Å². The van der Waals surface area contributed by atoms with Crippen LogP contribution in [0.5, 0.6) is 5.88 Å². The maximum Gasteiger partial charge on any atom is 0.346 e. The fourth-order valence-electron chi connectivity index (χ4n) is 1.91. The minimum Gasteiger partial charge on any atom is -0.477 e. The standard InChI is InChI=1S/C16H17N3O3/c1-10(2)9-22-15-13(6-12(7-17)16(20)21)19-8-11(3)4-5-14(19)18-15/h4-6,8,10H,9H2,1-3H3,(H,20,21)/b12-6+. The van der Waals surface area contributed by atoms with Gasteiger partial charge in [0.1, 0.15) is 23.0 Å². The SMILES string of the molecule is Cc1ccc2nc(OCC(C)C)c(/C=C(\C#N)C(=O)O)n2c1. The van der Waals surface area contributed by atoms with Crippen LogP contribution in [0.1, 0.15) is 25.1 Å². The lowest BCUT2D eigenvalue weighted by Gasteiger charge is -2.07. The first-order chi connectivity index (χ1) is 10.4. The summed E-state index contributed by atoms with van der Waals surface area (Å²) in [6, 6.07) is 5.40. The van der Waals surface area contributed by atoms with Crippen LogP contribution in [-0.4, -0.2) is 27.1 Å². The quantitative estimate of drug-likeness (QED) is 0.677. The van der Waals surface area contributed by atoms with Crippen molar-refractivity contribution in [2.45, 2.75) is 20.8 Å². The Morgan fingerprint density at radius 2 is 2.27 bits per heavy atom. The number of aliphatic carboxylic acids is 1. The van der Waals surface area contributed by atoms with Gasteiger partial charge in [-0.1, -0.05) is 19.9 Å². The third kappa shape index (κ3) is 3.26. The van der Waals surface area contributed by atoms with Crippen LogP contribution < -0.4 is 4.74 Å². The number of rotatable bonds is 5. The van der Waals surface area contributed by atoms with Gasteiger partial charge in [0.2, 0.25) is 5.88 Å². The molecule has 0 fully saturated rings. The highest BCUT2D eigenvalue weighted by atomic mass is 16.5. The van der Waals surface area contributed by atoms with Gasteiger partial charge in [0.15, 0.2) is 0 Å². The van der Waals surface area contributed by atoms with E-state index < -0.39 is 5.97 Å². The zero-order chi connectivity index (χ0) is 16.3. The number of carboxylic acids is 1. The predicted molar refractivity (Wildman–Crippen MR) is 81.5 cm³/mol. The number of ether oxygens (including phenoxy) is 1. The molecule has 114 valence electrons. The molecule has 0 unspecified atom stereocenters. The highest BCUT2D eigenvalue weighted by Crippen LogP contribution is 2.24. The summed E-state index contributed by atoms with van der Waals surface area (Å²) < 4.78 is 7.40. The Labute approximate surface area is 128 Å². The molecule has 0 saturated heterocycles. The Morgan fingerprint density at radius 3 is 2.86 bits per heavy atom. The lowest BCUT2D eigenvalue weighted by molar-refractivity contribution is -0.132. The first-order valence-electron chi connectivity index (χ1n) is 6.89. The number of aryl methyl sites for hydroxylation is 1. The summed E-state index contributed by atoms with van der Waals surface area (Å²) in [7, 11) is 0. The molecule has 0 aliphatic carbocycles. The zero-order valence-electron chi connectivity index (χ0n) is 12.7. The van der Waals surface area contributed by atoms with Gasteiger partial charge < -0.3 is 9.84 Å². The molecule has 0 amide bonds. The lowest BCUT2D eigenvalue weighted by Crippen LogP contribution is -2.06. The van der Waals surface area contributed by atoms with Gasteiger partial charge in [-0.05, 0) is 30.5 Å². The molecule has 1 N–H and O–H groups in total. The number of imidazole rings is 1. The van der Waals surface area contributed by atoms with Gasteiger partial charge in [-0.2, -0.15) is 10.2 Å². The Bertz CT molecular complexity index is 782. The van der Waals surface area contributed by atoms with E-state index in [1.807, 2.05) is 39.1 Å². The molecule has 0 aliphatic rings. The molecule has 2 aromatic heterocycles. The fraction of sp³-hybridized carbons (Fsp3) is 0.312. The number of carboxylic acid groups (broad SMARTS) is 1. The van der Waals surface area contributed by atoms with Gasteiger partial charge >= 0.3 is 5.97 Å². The number of hydrogen-bond donors (Lipinski definition) is 1. The van der Waals surface area contributed by atoms with Crippen molar-refractivity contribution in [3.05, 3.63) is 35.2 Å². The van der Waals surface area contributed by atoms with Crippen molar-refractivity contribution in [2.75, 3.05) is 6.61 Å². The van der Waals surface area contributed by atoms with Crippen molar-refractivity contribution < 1.29 is 14.6 Å². The third-order valence-electron chi connectivity index (χ3n) is 2.95. The van der Waals surface area contributed by atoms with Crippen LogP contribution in [-0.2, 0) is 4.79 Å². The van der Waals surface area contributed by atoms with Gasteiger partial charge in [0.05, 0.1) is 6.61 Å². The summed E-state index contributed by atoms with van der Waals surface area (Å²) >= 11 is 0. The first-order valence-corrected chi connectivity index (χ1v) is 6.89. The van der Waals surface area contributed by atoms with Crippen LogP contribution >= 0.6 is 0 Å². The molecule has 0 aliphatic heterocycles. The van der Waals surface area contributed by atoms with Gasteiger partial charge in [0, 0.05) is 6.20 Å². The molecule has 0 aromatic carbocycles. The van der Waals surface area contributed by atoms with Crippen LogP contribution in [0.15, 0.2) is 23.9 Å². The van der Waals surface area contributed by atoms with Gasteiger partial charge in [0.25, 0.3) is 0 Å². The maximum absolute atomic E-state index is 11.1. The third-order valence-corrected chi connectivity index (χ3v) is 2.95. The topological polar surface area (TPSA) is 87.6 Å². The number of nitrogens with zero attached hydrogens (tertiary/aromatic N) is 3. The summed E-state index contributed by atoms with van der Waals surface area (Å²) in [6.45, 7) is 6.39. The second-order valence-electron chi connectivity index (χ2n) is 5.42. The fourth-order valence-corrected chi connectivity index (χ4v) is 1.91. The minimum atomic E-state index is -1.28. The van der Waals surface area contributed by atoms with E-state index in [0.717, 1.165) is 5.56 Å². The average molecular weight is 299 g/mol. The molecule has 0 atom stereocenters. The lowest BCUT2D eigenvalue weighted by atomic mass is 10.2. The van der Waals surface area contributed by atoms with E-state index in [9.17, 15) is 4.79 Å². The Kier molecular flexibility index (Phi) is 4.47. The number of nitriles is 1. The van der Waals surface area contributed by atoms with E-state index in [-0.39, 0.29) is 5.57 Å². The van der Waals surface area contributed by atoms with Crippen molar-refractivity contribution in [3.63, 3.8) is 0 Å². The van der Waals surface area contributed by atoms with E-state index in [1.54, 1.807) is 10.5 Å². The smallest absolute Gasteiger partial charge is 0.346 e. The summed E-state index contributed by atoms with van der Waals surface area (Å²) in [6.07, 6.45) is 3.12. The summed E-state index contributed by atoms with van der Waals surface area (Å²) in [4.78, 5) is 15.4. The molecule has 2 heterocycles. The van der Waals surface area contributed by atoms with Crippen molar-refractivity contribution >= 4 is 17.7 Å². The molecule has 6 heteroatoms. The molecule has 0 spiro atoms. The molecule has 22 heavy (non-hydrogen) atoms. The van der Waals surface area contributed by atoms with Gasteiger partial charge in [-0.25, -0.2) is 4.79 Å². The maximum atomic E-state index is 11.1. The normalized spacial score (nSPS) is 11.7. The largest absolute Gasteiger partial charge is 0.477 e. The first kappa shape index (κ1) is 15.6. The van der Waals surface area contributed by atoms with Crippen LogP contribution in [0.4, 0.5) is 0 Å². The van der Waals surface area contributed by atoms with Crippen molar-refractivity contribution in [1.82, 2.24) is 9.38 Å². The predicted octanol–water partition coefficient (Wildman–Crippen LogP) is 2.67. The molecule has 2 aromatic rings. The minimum absolute atomic E-state index is 0.304. The number of carbonyl (C=O) groups is 1. The number of aromatic nitrogens is 2. The van der Waals surface area contributed by atoms with Gasteiger partial charge in [-0.3, -0.25) is 4.40 Å². The second-order valence-corrected chi connectivity index (χ2v) is 5.42. The van der Waals surface area contributed by atoms with Crippen LogP contribution in [0, 0.1) is 24.2 Å². The average Bonchev–Trinajstić information content (AvgIpc) is 2.79. The van der Waals surface area contributed by atoms with Crippen LogP contribution in [0.25, 0.3) is 11.7 Å². The second kappa shape index (κ2) is 6.31.